The van der Waals surface area contributed by atoms with Crippen molar-refractivity contribution in [3.63, 3.8) is 0 Å². The van der Waals surface area contributed by atoms with Gasteiger partial charge in [0.2, 0.25) is 17.7 Å². The van der Waals surface area contributed by atoms with Crippen molar-refractivity contribution in [2.24, 2.45) is 5.92 Å². The summed E-state index contributed by atoms with van der Waals surface area (Å²) < 4.78 is 42.3. The van der Waals surface area contributed by atoms with E-state index in [0.29, 0.717) is 26.2 Å². The lowest BCUT2D eigenvalue weighted by Gasteiger charge is -2.30. The quantitative estimate of drug-likeness (QED) is 0.231. The molecule has 1 N–H and O–H groups in total. The van der Waals surface area contributed by atoms with Gasteiger partial charge in [0.15, 0.2) is 0 Å². The van der Waals surface area contributed by atoms with Crippen molar-refractivity contribution in [2.45, 2.75) is 28.9 Å². The van der Waals surface area contributed by atoms with Crippen LogP contribution in [0, 0.1) is 5.92 Å². The van der Waals surface area contributed by atoms with Crippen molar-refractivity contribution in [1.82, 2.24) is 4.57 Å². The fraction of sp³-hybridized carbons (Fsp3) is 0.172. The molecule has 0 aliphatic carbocycles. The van der Waals surface area contributed by atoms with E-state index < -0.39 is 63.7 Å². The molecule has 4 aromatic rings. The second-order valence-electron chi connectivity index (χ2n) is 9.80. The van der Waals surface area contributed by atoms with Crippen LogP contribution >= 0.6 is 50.6 Å². The largest absolute Gasteiger partial charge is 0.418 e. The van der Waals surface area contributed by atoms with Gasteiger partial charge in [-0.2, -0.15) is 13.2 Å². The van der Waals surface area contributed by atoms with Crippen LogP contribution < -0.4 is 15.1 Å². The van der Waals surface area contributed by atoms with Gasteiger partial charge in [-0.25, -0.2) is 4.90 Å². The highest BCUT2D eigenvalue weighted by atomic mass is 79.9. The minimum atomic E-state index is -4.70. The molecule has 0 radical (unpaired) electrons. The zero-order valence-corrected chi connectivity index (χ0v) is 25.6. The van der Waals surface area contributed by atoms with Crippen LogP contribution in [0.1, 0.15) is 21.9 Å². The summed E-state index contributed by atoms with van der Waals surface area (Å²) in [5.41, 5.74) is -0.424. The van der Waals surface area contributed by atoms with Crippen LogP contribution in [0.2, 0.25) is 5.02 Å². The molecule has 2 aliphatic heterocycles. The number of carbonyl (C=O) groups excluding carboxylic acids is 3. The van der Waals surface area contributed by atoms with Gasteiger partial charge < -0.3 is 5.32 Å². The smallest absolute Gasteiger partial charge is 0.324 e. The standard InChI is InChI=1S/C29H18BrClF3N3O4S2/c30-15-5-3-4-14(12-15)21-22-23(26(40)37(25(22)39)17-10-8-16(31)9-11-17)42-27-24(21)43-28(41)36(27)13-20(38)35-19-7-2-1-6-18(19)29(32,33)34/h1-12,21-23H,13H2,(H,35,38)/t21-,22?,23?/m1/s1. The van der Waals surface area contributed by atoms with E-state index in [2.05, 4.69) is 21.2 Å². The summed E-state index contributed by atoms with van der Waals surface area (Å²) in [4.78, 5) is 55.0. The summed E-state index contributed by atoms with van der Waals surface area (Å²) in [5, 5.41) is 2.10. The van der Waals surface area contributed by atoms with E-state index >= 15 is 0 Å². The van der Waals surface area contributed by atoms with E-state index in [1.165, 1.54) is 12.1 Å². The second kappa shape index (κ2) is 11.3. The van der Waals surface area contributed by atoms with Crippen molar-refractivity contribution in [3.05, 3.63) is 108 Å². The number of thioether (sulfide) groups is 1. The van der Waals surface area contributed by atoms with Gasteiger partial charge in [0.05, 0.1) is 27.9 Å². The fourth-order valence-electron chi connectivity index (χ4n) is 5.33. The number of benzene rings is 3. The number of para-hydroxylation sites is 1. The Bertz CT molecular complexity index is 1840. The molecule has 3 heterocycles. The molecular weight excluding hydrogens is 691 g/mol. The number of carbonyl (C=O) groups is 3. The lowest BCUT2D eigenvalue weighted by Crippen LogP contribution is -2.33. The van der Waals surface area contributed by atoms with Crippen LogP contribution in [0.4, 0.5) is 24.5 Å². The van der Waals surface area contributed by atoms with Crippen LogP contribution in [0.5, 0.6) is 0 Å². The first kappa shape index (κ1) is 29.7. The van der Waals surface area contributed by atoms with E-state index in [1.54, 1.807) is 48.5 Å². The summed E-state index contributed by atoms with van der Waals surface area (Å²) >= 11 is 11.3. The molecule has 14 heteroatoms. The number of imide groups is 1. The SMILES string of the molecule is O=C(Cn1c2c(sc1=O)[C@H](c1cccc(Br)c1)C1C(=O)N(c3ccc(Cl)cc3)C(=O)C1S2)Nc1ccccc1C(F)(F)F. The Morgan fingerprint density at radius 2 is 1.70 bits per heavy atom. The van der Waals surface area contributed by atoms with E-state index in [-0.39, 0.29) is 0 Å². The number of hydrogen-bond acceptors (Lipinski definition) is 6. The Kier molecular flexibility index (Phi) is 7.78. The molecule has 3 atom stereocenters. The number of anilines is 2. The van der Waals surface area contributed by atoms with E-state index in [0.717, 1.165) is 49.2 Å². The lowest BCUT2D eigenvalue weighted by atomic mass is 9.83. The number of hydrogen-bond donors (Lipinski definition) is 1. The minimum Gasteiger partial charge on any atom is -0.324 e. The third-order valence-corrected chi connectivity index (χ3v) is 10.5. The molecule has 3 aromatic carbocycles. The highest BCUT2D eigenvalue weighted by Crippen LogP contribution is 2.54. The molecule has 0 spiro atoms. The molecule has 1 aromatic heterocycles. The maximum atomic E-state index is 13.9. The highest BCUT2D eigenvalue weighted by molar-refractivity contribution is 9.10. The Morgan fingerprint density at radius 1 is 0.977 bits per heavy atom. The first-order valence-corrected chi connectivity index (χ1v) is 15.6. The highest BCUT2D eigenvalue weighted by Gasteiger charge is 2.56. The molecule has 7 nitrogen and oxygen atoms in total. The zero-order chi connectivity index (χ0) is 30.6. The number of nitrogens with one attached hydrogen (secondary N) is 1. The van der Waals surface area contributed by atoms with E-state index in [9.17, 15) is 32.3 Å². The number of alkyl halides is 3. The van der Waals surface area contributed by atoms with Gasteiger partial charge in [0, 0.05) is 20.3 Å². The molecule has 0 bridgehead atoms. The molecule has 2 aliphatic rings. The predicted octanol–water partition coefficient (Wildman–Crippen LogP) is 6.78. The average molecular weight is 709 g/mol. The Labute approximate surface area is 263 Å². The van der Waals surface area contributed by atoms with Gasteiger partial charge in [-0.3, -0.25) is 23.7 Å². The average Bonchev–Trinajstić information content (AvgIpc) is 3.39. The predicted molar refractivity (Wildman–Crippen MR) is 162 cm³/mol. The van der Waals surface area contributed by atoms with E-state index in [4.69, 9.17) is 11.6 Å². The number of fused-ring (bicyclic) bond motifs is 2. The van der Waals surface area contributed by atoms with Gasteiger partial charge in [0.1, 0.15) is 11.8 Å². The minimum absolute atomic E-state index is 0.319. The summed E-state index contributed by atoms with van der Waals surface area (Å²) in [5.74, 6) is -3.32. The molecule has 220 valence electrons. The van der Waals surface area contributed by atoms with Gasteiger partial charge >= 0.3 is 11.0 Å². The Balaban J connectivity index is 1.40. The van der Waals surface area contributed by atoms with Gasteiger partial charge in [0.25, 0.3) is 0 Å². The normalized spacial score (nSPS) is 19.7. The van der Waals surface area contributed by atoms with Gasteiger partial charge in [-0.05, 0) is 54.1 Å². The lowest BCUT2D eigenvalue weighted by molar-refractivity contribution is -0.137. The topological polar surface area (TPSA) is 88.5 Å². The number of halogens is 5. The zero-order valence-electron chi connectivity index (χ0n) is 21.6. The molecule has 1 saturated heterocycles. The second-order valence-corrected chi connectivity index (χ2v) is 13.3. The number of amides is 3. The Morgan fingerprint density at radius 3 is 2.40 bits per heavy atom. The summed E-state index contributed by atoms with van der Waals surface area (Å²) in [7, 11) is 0. The summed E-state index contributed by atoms with van der Waals surface area (Å²) in [6, 6.07) is 18.0. The van der Waals surface area contributed by atoms with Crippen molar-refractivity contribution < 1.29 is 27.6 Å². The number of aromatic nitrogens is 1. The number of nitrogens with zero attached hydrogens (tertiary/aromatic N) is 2. The van der Waals surface area contributed by atoms with Crippen molar-refractivity contribution >= 4 is 79.7 Å². The van der Waals surface area contributed by atoms with Crippen molar-refractivity contribution in [1.29, 1.82) is 0 Å². The maximum Gasteiger partial charge on any atom is 0.418 e. The molecule has 3 amide bonds. The van der Waals surface area contributed by atoms with Crippen LogP contribution in [-0.4, -0.2) is 27.5 Å². The summed E-state index contributed by atoms with van der Waals surface area (Å²) in [6.45, 7) is -0.588. The van der Waals surface area contributed by atoms with Crippen LogP contribution in [0.3, 0.4) is 0 Å². The monoisotopic (exact) mass is 707 g/mol. The molecular formula is C29H18BrClF3N3O4S2. The molecule has 6 rings (SSSR count). The van der Waals surface area contributed by atoms with Crippen LogP contribution in [-0.2, 0) is 27.1 Å². The van der Waals surface area contributed by atoms with Gasteiger partial charge in [-0.1, -0.05) is 74.9 Å². The fourth-order valence-corrected chi connectivity index (χ4v) is 8.65. The first-order valence-electron chi connectivity index (χ1n) is 12.7. The first-order chi connectivity index (χ1) is 20.4. The third-order valence-electron chi connectivity index (χ3n) is 7.15. The Hall–Kier alpha value is -3.39. The van der Waals surface area contributed by atoms with Crippen molar-refractivity contribution in [2.75, 3.05) is 10.2 Å². The maximum absolute atomic E-state index is 13.9. The molecule has 0 saturated carbocycles. The summed E-state index contributed by atoms with van der Waals surface area (Å²) in [6.07, 6.45) is -4.70. The van der Waals surface area contributed by atoms with E-state index in [1.807, 2.05) is 0 Å². The molecule has 43 heavy (non-hydrogen) atoms. The van der Waals surface area contributed by atoms with Gasteiger partial charge in [-0.15, -0.1) is 0 Å². The van der Waals surface area contributed by atoms with Crippen LogP contribution in [0.25, 0.3) is 0 Å². The molecule has 2 unspecified atom stereocenters. The van der Waals surface area contributed by atoms with Crippen molar-refractivity contribution in [3.8, 4) is 0 Å². The van der Waals surface area contributed by atoms with Crippen LogP contribution in [0.15, 0.2) is 87.1 Å². The molecule has 1 fully saturated rings. The number of thiazole rings is 1. The third kappa shape index (κ3) is 5.43. The number of rotatable bonds is 5.